The fourth-order valence-corrected chi connectivity index (χ4v) is 0.270. The van der Waals surface area contributed by atoms with Crippen molar-refractivity contribution in [1.82, 2.24) is 6.15 Å². The van der Waals surface area contributed by atoms with E-state index in [2.05, 4.69) is 0 Å². The number of carboxylic acids is 2. The van der Waals surface area contributed by atoms with E-state index in [-0.39, 0.29) is 76.3 Å². The maximum absolute atomic E-state index is 9.77. The molecule has 0 spiro atoms. The van der Waals surface area contributed by atoms with E-state index in [0.29, 0.717) is 0 Å². The monoisotopic (exact) mass is 335 g/mol. The second kappa shape index (κ2) is 14.3. The first-order valence-corrected chi connectivity index (χ1v) is 4.38. The zero-order valence-corrected chi connectivity index (χ0v) is 12.5. The normalized spacial score (nSPS) is 12.0. The number of hydrogen-bond donors (Lipinski definition) is 7. The van der Waals surface area contributed by atoms with Crippen molar-refractivity contribution in [2.45, 2.75) is 12.2 Å². The maximum atomic E-state index is 9.77. The number of aliphatic carboxylic acids is 2. The molecule has 0 saturated carbocycles. The van der Waals surface area contributed by atoms with Crippen LogP contribution in [0, 0.1) is 0 Å². The molecule has 0 heterocycles. The quantitative estimate of drug-likeness (QED) is 0.189. The van der Waals surface area contributed by atoms with Gasteiger partial charge in [0.25, 0.3) is 0 Å². The third-order valence-corrected chi connectivity index (χ3v) is 0.805. The van der Waals surface area contributed by atoms with Gasteiger partial charge in [-0.05, 0) is 0 Å². The molecule has 0 amide bonds. The Labute approximate surface area is 156 Å². The Morgan fingerprint density at radius 3 is 1.11 bits per heavy atom. The Morgan fingerprint density at radius 1 is 0.944 bits per heavy atom. The summed E-state index contributed by atoms with van der Waals surface area (Å²) in [7, 11) is -4.67. The van der Waals surface area contributed by atoms with Gasteiger partial charge in [0.05, 0.1) is 0 Å². The summed E-state index contributed by atoms with van der Waals surface area (Å²) in [5.41, 5.74) is 0. The minimum atomic E-state index is -4.67. The van der Waals surface area contributed by atoms with Gasteiger partial charge in [0.1, 0.15) is 0 Å². The van der Waals surface area contributed by atoms with Crippen LogP contribution in [0.4, 0.5) is 0 Å². The smallest absolute Gasteiger partial charge is 1.00 e. The summed E-state index contributed by atoms with van der Waals surface area (Å²) in [6, 6.07) is 0. The van der Waals surface area contributed by atoms with Crippen molar-refractivity contribution in [3.05, 3.63) is 0 Å². The summed E-state index contributed by atoms with van der Waals surface area (Å²) in [6.07, 6.45) is -4.53. The second-order valence-electron chi connectivity index (χ2n) is 2.01. The average Bonchev–Trinajstić information content (AvgIpc) is 1.98. The van der Waals surface area contributed by atoms with Crippen molar-refractivity contribution in [2.75, 3.05) is 0 Å². The molecule has 14 heteroatoms. The van der Waals surface area contributed by atoms with E-state index >= 15 is 0 Å². The average molecular weight is 335 g/mol. The van der Waals surface area contributed by atoms with E-state index in [4.69, 9.17) is 37.9 Å². The van der Waals surface area contributed by atoms with E-state index in [1.54, 1.807) is 0 Å². The standard InChI is InChI=1S/C4H6O6.Al.K.H3N.H2O4S.4H/c5-1(3(7)8)2(6)4(9)10;;;;1-5(2,3)4;;;;/h1-2,5-6H,(H,7,8)(H,9,10);;;1H3;(H2,1,2,3,4);;;;/q;;+1;;;;;;-1. The van der Waals surface area contributed by atoms with E-state index < -0.39 is 34.5 Å². The van der Waals surface area contributed by atoms with Gasteiger partial charge in [0.2, 0.25) is 0 Å². The van der Waals surface area contributed by atoms with Gasteiger partial charge in [-0.2, -0.15) is 8.42 Å². The first-order chi connectivity index (χ1) is 6.46. The number of hydrogen-bond acceptors (Lipinski definition) is 7. The third-order valence-electron chi connectivity index (χ3n) is 0.805. The number of aliphatic hydroxyl groups is 2. The summed E-state index contributed by atoms with van der Waals surface area (Å²) in [5.74, 6) is -3.54. The van der Waals surface area contributed by atoms with Crippen molar-refractivity contribution in [1.29, 1.82) is 0 Å². The van der Waals surface area contributed by atoms with Gasteiger partial charge in [-0.25, -0.2) is 9.59 Å². The third kappa shape index (κ3) is 25.6. The molecule has 0 aliphatic heterocycles. The predicted molar refractivity (Wildman–Crippen MR) is 57.5 cm³/mol. The summed E-state index contributed by atoms with van der Waals surface area (Å²) in [5, 5.41) is 32.5. The van der Waals surface area contributed by atoms with Crippen molar-refractivity contribution < 1.29 is 100 Å². The van der Waals surface area contributed by atoms with Crippen LogP contribution in [-0.2, 0) is 20.0 Å². The molecule has 9 N–H and O–H groups in total. The van der Waals surface area contributed by atoms with Crippen LogP contribution in [0.25, 0.3) is 0 Å². The number of aliphatic hydroxyl groups excluding tert-OH is 2. The number of carbonyl (C=O) groups is 2. The Morgan fingerprint density at radius 2 is 1.06 bits per heavy atom. The van der Waals surface area contributed by atoms with Gasteiger partial charge in [-0.15, -0.1) is 0 Å². The van der Waals surface area contributed by atoms with Crippen LogP contribution in [0.3, 0.4) is 0 Å². The predicted octanol–water partition coefficient (Wildman–Crippen LogP) is -6.68. The SMILES string of the molecule is N.O=C(O)C(O)C(O)C(=O)O.O=S(=O)(O)O.[AlH3].[H-].[K+]. The molecule has 11 nitrogen and oxygen atoms in total. The Kier molecular flexibility index (Phi) is 24.8. The van der Waals surface area contributed by atoms with E-state index in [0.717, 1.165) is 0 Å². The van der Waals surface area contributed by atoms with Crippen LogP contribution in [0.15, 0.2) is 0 Å². The van der Waals surface area contributed by atoms with Gasteiger partial charge in [0, 0.05) is 0 Å². The Balaban J connectivity index is -0.0000000418. The minimum Gasteiger partial charge on any atom is -1.00 e. The first kappa shape index (κ1) is 31.3. The van der Waals surface area contributed by atoms with Crippen molar-refractivity contribution in [3.8, 4) is 0 Å². The minimum absolute atomic E-state index is 0. The van der Waals surface area contributed by atoms with Crippen LogP contribution in [-0.4, -0.2) is 79.5 Å². The molecule has 18 heavy (non-hydrogen) atoms. The maximum Gasteiger partial charge on any atom is 1.00 e. The van der Waals surface area contributed by atoms with Crippen LogP contribution >= 0.6 is 0 Å². The van der Waals surface area contributed by atoms with Gasteiger partial charge < -0.3 is 28.0 Å². The topological polar surface area (TPSA) is 225 Å². The van der Waals surface area contributed by atoms with E-state index in [9.17, 15) is 9.59 Å². The summed E-state index contributed by atoms with van der Waals surface area (Å²) < 4.78 is 31.6. The summed E-state index contributed by atoms with van der Waals surface area (Å²) in [4.78, 5) is 19.5. The largest absolute Gasteiger partial charge is 1.00 e. The zero-order chi connectivity index (χ0) is 12.8. The molecule has 106 valence electrons. The van der Waals surface area contributed by atoms with E-state index in [1.165, 1.54) is 0 Å². The molecule has 0 aromatic carbocycles. The van der Waals surface area contributed by atoms with Gasteiger partial charge in [-0.3, -0.25) is 9.11 Å². The van der Waals surface area contributed by atoms with Gasteiger partial charge in [0.15, 0.2) is 29.6 Å². The van der Waals surface area contributed by atoms with Gasteiger partial charge in [-0.1, -0.05) is 0 Å². The number of carboxylic acid groups (broad SMARTS) is 2. The van der Waals surface area contributed by atoms with Crippen LogP contribution in [0.1, 0.15) is 1.43 Å². The Bertz CT molecular complexity index is 312. The molecule has 0 aliphatic rings. The second-order valence-corrected chi connectivity index (χ2v) is 2.91. The molecule has 0 aliphatic carbocycles. The zero-order valence-electron chi connectivity index (χ0n) is 9.59. The van der Waals surface area contributed by atoms with E-state index in [1.807, 2.05) is 0 Å². The molecule has 0 saturated heterocycles. The molecular formula is C4H15AlKNO10S. The molecule has 0 aromatic heterocycles. The van der Waals surface area contributed by atoms with Crippen molar-refractivity contribution in [2.24, 2.45) is 0 Å². The first-order valence-electron chi connectivity index (χ1n) is 2.98. The van der Waals surface area contributed by atoms with Crippen molar-refractivity contribution >= 4 is 39.7 Å². The van der Waals surface area contributed by atoms with Gasteiger partial charge >= 0.3 is 73.7 Å². The van der Waals surface area contributed by atoms with Crippen LogP contribution < -0.4 is 57.5 Å². The molecule has 2 atom stereocenters. The van der Waals surface area contributed by atoms with Crippen LogP contribution in [0.5, 0.6) is 0 Å². The molecular weight excluding hydrogens is 320 g/mol. The van der Waals surface area contributed by atoms with Crippen molar-refractivity contribution in [3.63, 3.8) is 0 Å². The fourth-order valence-electron chi connectivity index (χ4n) is 0.270. The molecule has 0 rings (SSSR count). The van der Waals surface area contributed by atoms with Crippen LogP contribution in [0.2, 0.25) is 0 Å². The molecule has 0 bridgehead atoms. The summed E-state index contributed by atoms with van der Waals surface area (Å²) in [6.45, 7) is 0. The summed E-state index contributed by atoms with van der Waals surface area (Å²) >= 11 is 0. The molecule has 0 aromatic rings. The Hall–Kier alpha value is 0.859. The molecule has 0 fully saturated rings. The molecule has 2 unspecified atom stereocenters. The number of rotatable bonds is 3. The fraction of sp³-hybridized carbons (Fsp3) is 0.500. The molecule has 0 radical (unpaired) electrons.